The van der Waals surface area contributed by atoms with Crippen molar-refractivity contribution < 1.29 is 63.0 Å². The summed E-state index contributed by atoms with van der Waals surface area (Å²) >= 11 is 0. The third-order valence-corrected chi connectivity index (χ3v) is 17.2. The fraction of sp³-hybridized carbons (Fsp3) is 0.390. The smallest absolute Gasteiger partial charge is 0.872 e. The van der Waals surface area contributed by atoms with Crippen molar-refractivity contribution in [3.63, 3.8) is 0 Å². The topological polar surface area (TPSA) is 234 Å². The van der Waals surface area contributed by atoms with Gasteiger partial charge >= 0.3 is 33.0 Å². The molecule has 0 saturated heterocycles. The molecule has 4 heterocycles. The largest absolute Gasteiger partial charge is 2.00 e. The first-order chi connectivity index (χ1) is 46.4. The van der Waals surface area contributed by atoms with E-state index in [-0.39, 0.29) is 102 Å². The van der Waals surface area contributed by atoms with Gasteiger partial charge in [0.2, 0.25) is 12.8 Å². The Balaban J connectivity index is 0.000000312. The summed E-state index contributed by atoms with van der Waals surface area (Å²) in [6, 6.07) is 31.1. The molecule has 0 radical (unpaired) electrons. The van der Waals surface area contributed by atoms with E-state index in [1.165, 1.54) is 9.80 Å². The minimum atomic E-state index is -0.312. The molecule has 0 aliphatic heterocycles. The first-order valence-electron chi connectivity index (χ1n) is 33.8. The molecule has 18 heteroatoms. The van der Waals surface area contributed by atoms with Crippen LogP contribution in [0.1, 0.15) is 179 Å². The average molecular weight is 1440 g/mol. The van der Waals surface area contributed by atoms with E-state index in [9.17, 15) is 30.0 Å². The fourth-order valence-corrected chi connectivity index (χ4v) is 11.6. The van der Waals surface area contributed by atoms with Crippen LogP contribution in [0.2, 0.25) is 0 Å². The van der Waals surface area contributed by atoms with Crippen molar-refractivity contribution in [3.05, 3.63) is 191 Å². The van der Waals surface area contributed by atoms with Crippen LogP contribution >= 0.6 is 0 Å². The normalized spacial score (nSPS) is 16.4. The van der Waals surface area contributed by atoms with Crippen molar-refractivity contribution in [1.29, 1.82) is 0 Å². The number of pyridine rings is 4. The second-order valence-electron chi connectivity index (χ2n) is 29.8. The van der Waals surface area contributed by atoms with Gasteiger partial charge in [0, 0.05) is 103 Å². The van der Waals surface area contributed by atoms with Gasteiger partial charge in [-0.2, -0.15) is 0 Å². The molecular formula is C82H98N10Ni2O6. The summed E-state index contributed by atoms with van der Waals surface area (Å²) in [4.78, 5) is 58.2. The Labute approximate surface area is 613 Å². The number of aliphatic imine (C=N–C) groups is 4. The molecule has 4 aromatic carbocycles. The Morgan fingerprint density at radius 2 is 0.500 bits per heavy atom. The van der Waals surface area contributed by atoms with Crippen LogP contribution in [0.3, 0.4) is 0 Å². The van der Waals surface area contributed by atoms with Crippen LogP contribution < -0.4 is 20.4 Å². The average Bonchev–Trinajstić information content (AvgIpc) is 0.810. The predicted molar refractivity (Wildman–Crippen MR) is 393 cm³/mol. The first kappa shape index (κ1) is 82.0. The van der Waals surface area contributed by atoms with Gasteiger partial charge < -0.3 is 30.2 Å². The van der Waals surface area contributed by atoms with Gasteiger partial charge in [-0.3, -0.25) is 49.5 Å². The second-order valence-corrected chi connectivity index (χ2v) is 29.8. The molecule has 2 fully saturated rings. The Morgan fingerprint density at radius 3 is 0.650 bits per heavy atom. The molecule has 10 rings (SSSR count). The number of benzene rings is 4. The standard InChI is InChI=1S/2C38H44N4O2.2C3H7NO.2Ni/c2*1-37(2,3)31-21-27(25-11-15-39-16-12-25)19-29(35(31)43)23-41-33-9-7-8-10-34(33)42-24-30-20-28(26-13-17-40-18-14-26)22-32(36(30)44)38(4,5)6;2*1-4(2)3-5;;/h2*11-24,33-34,43-44H,7-10H2,1-6H3;2*3H,1-2H3;;/q;;;;2*+2/p-4/t2*33-,34-;;;;/m00..../s1. The number of hydrogen-bond donors (Lipinski definition) is 0. The zero-order chi connectivity index (χ0) is 71.5. The third-order valence-electron chi connectivity index (χ3n) is 17.2. The van der Waals surface area contributed by atoms with E-state index in [1.54, 1.807) is 103 Å². The van der Waals surface area contributed by atoms with Gasteiger partial charge in [-0.05, 0) is 209 Å². The van der Waals surface area contributed by atoms with Gasteiger partial charge in [0.25, 0.3) is 0 Å². The van der Waals surface area contributed by atoms with Crippen molar-refractivity contribution in [2.24, 2.45) is 20.0 Å². The van der Waals surface area contributed by atoms with Crippen LogP contribution in [0.15, 0.2) is 167 Å². The molecule has 2 amide bonds. The minimum Gasteiger partial charge on any atom is -0.872 e. The third kappa shape index (κ3) is 23.2. The van der Waals surface area contributed by atoms with E-state index < -0.39 is 0 Å². The molecule has 8 aromatic rings. The predicted octanol–water partition coefficient (Wildman–Crippen LogP) is 14.2. The summed E-state index contributed by atoms with van der Waals surface area (Å²) in [5.41, 5.74) is 12.1. The molecule has 0 bridgehead atoms. The molecule has 16 nitrogen and oxygen atoms in total. The Bertz CT molecular complexity index is 3530. The van der Waals surface area contributed by atoms with Gasteiger partial charge in [-0.1, -0.05) is 156 Å². The monoisotopic (exact) mass is 1430 g/mol. The van der Waals surface area contributed by atoms with E-state index in [0.717, 1.165) is 131 Å². The van der Waals surface area contributed by atoms with Crippen LogP contribution in [0.25, 0.3) is 44.5 Å². The van der Waals surface area contributed by atoms with Crippen LogP contribution in [0, 0.1) is 0 Å². The molecule has 0 N–H and O–H groups in total. The number of aromatic nitrogens is 4. The Kier molecular flexibility index (Phi) is 30.4. The van der Waals surface area contributed by atoms with E-state index in [4.69, 9.17) is 20.0 Å². The molecule has 4 atom stereocenters. The molecule has 2 saturated carbocycles. The van der Waals surface area contributed by atoms with Crippen molar-refractivity contribution in [2.45, 2.75) is 180 Å². The summed E-state index contributed by atoms with van der Waals surface area (Å²) in [6.07, 6.45) is 30.4. The number of amides is 2. The zero-order valence-corrected chi connectivity index (χ0v) is 62.8. The van der Waals surface area contributed by atoms with Gasteiger partial charge in [-0.25, -0.2) is 0 Å². The number of carbonyl (C=O) groups is 2. The van der Waals surface area contributed by atoms with E-state index in [0.29, 0.717) is 22.3 Å². The quantitative estimate of drug-likeness (QED) is 0.0567. The van der Waals surface area contributed by atoms with Gasteiger partial charge in [-0.15, -0.1) is 0 Å². The van der Waals surface area contributed by atoms with Crippen LogP contribution in [-0.2, 0) is 64.2 Å². The molecule has 0 spiro atoms. The molecule has 0 unspecified atom stereocenters. The molecule has 532 valence electrons. The molecular weight excluding hydrogens is 1340 g/mol. The van der Waals surface area contributed by atoms with Gasteiger partial charge in [0.05, 0.1) is 24.2 Å². The number of rotatable bonds is 14. The molecule has 100 heavy (non-hydrogen) atoms. The van der Waals surface area contributed by atoms with Crippen molar-refractivity contribution in [2.75, 3.05) is 28.2 Å². The maximum Gasteiger partial charge on any atom is 2.00 e. The van der Waals surface area contributed by atoms with Crippen LogP contribution in [-0.4, -0.2) is 120 Å². The summed E-state index contributed by atoms with van der Waals surface area (Å²) in [6.45, 7) is 24.7. The van der Waals surface area contributed by atoms with Crippen molar-refractivity contribution >= 4 is 37.7 Å². The van der Waals surface area contributed by atoms with E-state index in [2.05, 4.69) is 103 Å². The second kappa shape index (κ2) is 37.1. The minimum absolute atomic E-state index is 0. The van der Waals surface area contributed by atoms with Crippen LogP contribution in [0.4, 0.5) is 0 Å². The van der Waals surface area contributed by atoms with Crippen molar-refractivity contribution in [1.82, 2.24) is 29.7 Å². The number of carbonyl (C=O) groups excluding carboxylic acids is 2. The number of nitrogens with zero attached hydrogens (tertiary/aromatic N) is 10. The summed E-state index contributed by atoms with van der Waals surface area (Å²) in [5.74, 6) is 0.0317. The Morgan fingerprint density at radius 1 is 0.330 bits per heavy atom. The maximum absolute atomic E-state index is 13.6. The van der Waals surface area contributed by atoms with E-state index in [1.807, 2.05) is 97.1 Å². The van der Waals surface area contributed by atoms with Crippen LogP contribution in [0.5, 0.6) is 23.0 Å². The molecule has 4 aromatic heterocycles. The fourth-order valence-electron chi connectivity index (χ4n) is 11.6. The van der Waals surface area contributed by atoms with E-state index >= 15 is 0 Å². The molecule has 2 aliphatic rings. The Hall–Kier alpha value is -8.71. The summed E-state index contributed by atoms with van der Waals surface area (Å²) in [7, 11) is 6.75. The summed E-state index contributed by atoms with van der Waals surface area (Å²) < 4.78 is 0. The van der Waals surface area contributed by atoms with Gasteiger partial charge in [0.1, 0.15) is 0 Å². The summed E-state index contributed by atoms with van der Waals surface area (Å²) in [5, 5.41) is 54.4. The van der Waals surface area contributed by atoms with Crippen molar-refractivity contribution in [3.8, 4) is 67.5 Å². The maximum atomic E-state index is 13.6. The number of hydrogen-bond acceptors (Lipinski definition) is 14. The molecule has 2 aliphatic carbocycles. The van der Waals surface area contributed by atoms with Gasteiger partial charge in [0.15, 0.2) is 0 Å². The zero-order valence-electron chi connectivity index (χ0n) is 60.8. The SMILES string of the molecule is CC(C)(C)c1cc(-c2ccncc2)cc(C=N[C@H]2CCCC[C@@H]2N=Cc2cc(-c3ccncc3)cc(C(C)(C)C)c2[O-])c1[O-].CC(C)(C)c1cc(-c2ccncc2)cc(C=N[C@H]2CCCC[C@@H]2N=Cc2cc(-c3ccncc3)cc(C(C)(C)C)c2[O-])c1[O-].CN(C)C=O.CN(C)C=O.[Ni+2].[Ni+2]. The first-order valence-corrected chi connectivity index (χ1v) is 33.8.